The third kappa shape index (κ3) is 5.64. The van der Waals surface area contributed by atoms with Crippen molar-refractivity contribution >= 4 is 46.4 Å². The lowest BCUT2D eigenvalue weighted by atomic mass is 10.1. The molecule has 3 aromatic rings. The summed E-state index contributed by atoms with van der Waals surface area (Å²) in [4.78, 5) is 12.4. The molecule has 0 radical (unpaired) electrons. The zero-order valence-electron chi connectivity index (χ0n) is 14.2. The van der Waals surface area contributed by atoms with E-state index in [1.807, 2.05) is 36.4 Å². The van der Waals surface area contributed by atoms with Crippen molar-refractivity contribution in [3.63, 3.8) is 0 Å². The molecule has 3 nitrogen and oxygen atoms in total. The molecule has 0 spiro atoms. The van der Waals surface area contributed by atoms with E-state index in [0.717, 1.165) is 5.56 Å². The molecule has 0 unspecified atom stereocenters. The number of hydrogen-bond donors (Lipinski definition) is 1. The average molecular weight is 421 g/mol. The molecule has 0 aliphatic carbocycles. The van der Waals surface area contributed by atoms with E-state index in [-0.39, 0.29) is 12.3 Å². The highest BCUT2D eigenvalue weighted by molar-refractivity contribution is 6.35. The van der Waals surface area contributed by atoms with Gasteiger partial charge in [0.25, 0.3) is 0 Å². The van der Waals surface area contributed by atoms with Crippen LogP contribution in [0.2, 0.25) is 15.1 Å². The molecule has 1 N–H and O–H groups in total. The first-order chi connectivity index (χ1) is 13.0. The molecule has 0 aliphatic heterocycles. The minimum atomic E-state index is -0.166. The Hall–Kier alpha value is -2.20. The van der Waals surface area contributed by atoms with Gasteiger partial charge in [-0.15, -0.1) is 0 Å². The van der Waals surface area contributed by atoms with Crippen molar-refractivity contribution in [1.29, 1.82) is 0 Å². The number of carbonyl (C=O) groups is 1. The van der Waals surface area contributed by atoms with Crippen LogP contribution in [0.15, 0.2) is 66.7 Å². The van der Waals surface area contributed by atoms with Crippen LogP contribution in [0, 0.1) is 0 Å². The van der Waals surface area contributed by atoms with Crippen molar-refractivity contribution in [2.75, 3.05) is 5.32 Å². The molecule has 138 valence electrons. The highest BCUT2D eigenvalue weighted by Gasteiger charge is 2.11. The fraction of sp³-hybridized carbons (Fsp3) is 0.0952. The lowest BCUT2D eigenvalue weighted by Gasteiger charge is -2.13. The number of ether oxygens (including phenoxy) is 1. The number of rotatable bonds is 6. The Morgan fingerprint density at radius 2 is 1.59 bits per heavy atom. The van der Waals surface area contributed by atoms with Gasteiger partial charge < -0.3 is 10.1 Å². The molecule has 6 heteroatoms. The van der Waals surface area contributed by atoms with Crippen LogP contribution in [0.3, 0.4) is 0 Å². The van der Waals surface area contributed by atoms with E-state index in [1.165, 1.54) is 0 Å². The number of benzene rings is 3. The molecular formula is C21H16Cl3NO2. The first-order valence-corrected chi connectivity index (χ1v) is 9.41. The first-order valence-electron chi connectivity index (χ1n) is 8.27. The largest absolute Gasteiger partial charge is 0.455 e. The maximum atomic E-state index is 12.4. The first kappa shape index (κ1) is 19.6. The molecule has 1 amide bonds. The van der Waals surface area contributed by atoms with Crippen LogP contribution in [0.1, 0.15) is 12.0 Å². The molecule has 0 saturated heterocycles. The maximum absolute atomic E-state index is 12.4. The Labute approximate surface area is 172 Å². The lowest BCUT2D eigenvalue weighted by Crippen LogP contribution is -2.13. The van der Waals surface area contributed by atoms with Crippen molar-refractivity contribution in [3.05, 3.63) is 87.4 Å². The Bertz CT molecular complexity index is 945. The van der Waals surface area contributed by atoms with E-state index in [4.69, 9.17) is 39.5 Å². The molecule has 3 aromatic carbocycles. The quantitative estimate of drug-likeness (QED) is 0.466. The monoisotopic (exact) mass is 419 g/mol. The van der Waals surface area contributed by atoms with Crippen LogP contribution < -0.4 is 10.1 Å². The molecule has 0 fully saturated rings. The van der Waals surface area contributed by atoms with Crippen molar-refractivity contribution in [2.45, 2.75) is 12.8 Å². The van der Waals surface area contributed by atoms with Crippen LogP contribution in [0.4, 0.5) is 5.69 Å². The van der Waals surface area contributed by atoms with Crippen LogP contribution in [0.25, 0.3) is 0 Å². The summed E-state index contributed by atoms with van der Waals surface area (Å²) in [7, 11) is 0. The minimum Gasteiger partial charge on any atom is -0.455 e. The Morgan fingerprint density at radius 1 is 0.889 bits per heavy atom. The molecular weight excluding hydrogens is 405 g/mol. The van der Waals surface area contributed by atoms with Gasteiger partial charge in [0.15, 0.2) is 5.75 Å². The van der Waals surface area contributed by atoms with E-state index in [9.17, 15) is 4.79 Å². The van der Waals surface area contributed by atoms with E-state index < -0.39 is 0 Å². The van der Waals surface area contributed by atoms with E-state index in [0.29, 0.717) is 38.7 Å². The zero-order chi connectivity index (χ0) is 19.2. The Balaban J connectivity index is 1.68. The summed E-state index contributed by atoms with van der Waals surface area (Å²) in [5.74, 6) is 1.02. The van der Waals surface area contributed by atoms with Crippen LogP contribution in [-0.2, 0) is 11.2 Å². The second-order valence-electron chi connectivity index (χ2n) is 5.84. The fourth-order valence-corrected chi connectivity index (χ4v) is 3.16. The molecule has 0 saturated carbocycles. The molecule has 0 aliphatic rings. The highest BCUT2D eigenvalue weighted by Crippen LogP contribution is 2.32. The van der Waals surface area contributed by atoms with E-state index in [1.54, 1.807) is 30.3 Å². The normalized spacial score (nSPS) is 10.5. The summed E-state index contributed by atoms with van der Waals surface area (Å²) >= 11 is 18.1. The van der Waals surface area contributed by atoms with Gasteiger partial charge in [0.05, 0.1) is 5.69 Å². The fourth-order valence-electron chi connectivity index (χ4n) is 2.49. The standard InChI is InChI=1S/C21H16Cl3NO2/c22-15-8-6-14(18(24)12-15)7-11-21(26)25-19-13-16(23)9-10-20(19)27-17-4-2-1-3-5-17/h1-6,8-10,12-13H,7,11H2,(H,25,26). The predicted octanol–water partition coefficient (Wildman–Crippen LogP) is 7.01. The molecule has 0 atom stereocenters. The smallest absolute Gasteiger partial charge is 0.224 e. The minimum absolute atomic E-state index is 0.166. The van der Waals surface area contributed by atoms with E-state index >= 15 is 0 Å². The highest BCUT2D eigenvalue weighted by atomic mass is 35.5. The maximum Gasteiger partial charge on any atom is 0.224 e. The van der Waals surface area contributed by atoms with Gasteiger partial charge in [-0.25, -0.2) is 0 Å². The third-order valence-electron chi connectivity index (χ3n) is 3.82. The third-order valence-corrected chi connectivity index (χ3v) is 4.65. The lowest BCUT2D eigenvalue weighted by molar-refractivity contribution is -0.116. The molecule has 27 heavy (non-hydrogen) atoms. The summed E-state index contributed by atoms with van der Waals surface area (Å²) < 4.78 is 5.85. The number of anilines is 1. The number of amides is 1. The number of carbonyl (C=O) groups excluding carboxylic acids is 1. The van der Waals surface area contributed by atoms with E-state index in [2.05, 4.69) is 5.32 Å². The number of nitrogens with one attached hydrogen (secondary N) is 1. The number of para-hydroxylation sites is 1. The van der Waals surface area contributed by atoms with Gasteiger partial charge >= 0.3 is 0 Å². The average Bonchev–Trinajstić information content (AvgIpc) is 2.64. The SMILES string of the molecule is O=C(CCc1ccc(Cl)cc1Cl)Nc1cc(Cl)ccc1Oc1ccccc1. The number of halogens is 3. The van der Waals surface area contributed by atoms with Gasteiger partial charge in [-0.2, -0.15) is 0 Å². The molecule has 0 heterocycles. The summed E-state index contributed by atoms with van der Waals surface area (Å²) in [5.41, 5.74) is 1.38. The zero-order valence-corrected chi connectivity index (χ0v) is 16.5. The summed E-state index contributed by atoms with van der Waals surface area (Å²) in [5, 5.41) is 4.47. The topological polar surface area (TPSA) is 38.3 Å². The predicted molar refractivity (Wildman–Crippen MR) is 111 cm³/mol. The van der Waals surface area contributed by atoms with Gasteiger partial charge in [0.1, 0.15) is 5.75 Å². The van der Waals surface area contributed by atoms with Crippen molar-refractivity contribution in [3.8, 4) is 11.5 Å². The Kier molecular flexibility index (Phi) is 6.62. The van der Waals surface area contributed by atoms with Gasteiger partial charge in [-0.05, 0) is 54.4 Å². The van der Waals surface area contributed by atoms with Crippen molar-refractivity contribution in [2.24, 2.45) is 0 Å². The summed E-state index contributed by atoms with van der Waals surface area (Å²) in [6.07, 6.45) is 0.760. The van der Waals surface area contributed by atoms with Crippen LogP contribution in [0.5, 0.6) is 11.5 Å². The van der Waals surface area contributed by atoms with Gasteiger partial charge in [-0.1, -0.05) is 59.1 Å². The molecule has 3 rings (SSSR count). The van der Waals surface area contributed by atoms with Gasteiger partial charge in [-0.3, -0.25) is 4.79 Å². The van der Waals surface area contributed by atoms with Crippen molar-refractivity contribution < 1.29 is 9.53 Å². The van der Waals surface area contributed by atoms with Gasteiger partial charge in [0.2, 0.25) is 5.91 Å². The number of hydrogen-bond acceptors (Lipinski definition) is 2. The number of aryl methyl sites for hydroxylation is 1. The van der Waals surface area contributed by atoms with Crippen LogP contribution in [-0.4, -0.2) is 5.91 Å². The van der Waals surface area contributed by atoms with Crippen molar-refractivity contribution in [1.82, 2.24) is 0 Å². The molecule has 0 bridgehead atoms. The summed E-state index contributed by atoms with van der Waals surface area (Å²) in [6, 6.07) is 19.7. The second kappa shape index (κ2) is 9.14. The second-order valence-corrected chi connectivity index (χ2v) is 7.12. The Morgan fingerprint density at radius 3 is 2.33 bits per heavy atom. The summed E-state index contributed by atoms with van der Waals surface area (Å²) in [6.45, 7) is 0. The van der Waals surface area contributed by atoms with Gasteiger partial charge in [0, 0.05) is 21.5 Å². The van der Waals surface area contributed by atoms with Crippen LogP contribution >= 0.6 is 34.8 Å². The molecule has 0 aromatic heterocycles.